The van der Waals surface area contributed by atoms with E-state index in [4.69, 9.17) is 0 Å². The highest BCUT2D eigenvalue weighted by Crippen LogP contribution is 2.21. The highest BCUT2D eigenvalue weighted by molar-refractivity contribution is 4.80. The quantitative estimate of drug-likeness (QED) is 0.758. The molecule has 1 aliphatic rings. The van der Waals surface area contributed by atoms with E-state index >= 15 is 0 Å². The van der Waals surface area contributed by atoms with Gasteiger partial charge in [0.2, 0.25) is 0 Å². The number of likely N-dealkylation sites (N-methyl/N-ethyl adjacent to an activating group) is 1. The van der Waals surface area contributed by atoms with Crippen LogP contribution in [0.4, 0.5) is 13.2 Å². The molecule has 1 saturated heterocycles. The summed E-state index contributed by atoms with van der Waals surface area (Å²) >= 11 is 0. The van der Waals surface area contributed by atoms with Crippen molar-refractivity contribution in [2.24, 2.45) is 0 Å². The van der Waals surface area contributed by atoms with Gasteiger partial charge < -0.3 is 5.32 Å². The van der Waals surface area contributed by atoms with Crippen LogP contribution in [0.1, 0.15) is 19.8 Å². The van der Waals surface area contributed by atoms with Crippen molar-refractivity contribution in [2.75, 3.05) is 26.2 Å². The molecule has 0 aromatic heterocycles. The average Bonchev–Trinajstić information content (AvgIpc) is 2.56. The summed E-state index contributed by atoms with van der Waals surface area (Å²) in [6.45, 7) is 4.49. The number of alkyl halides is 3. The standard InChI is InChI=1S/C9H17F3N2/c1-2-14(6-4-9(10,11)12)8-3-5-13-7-8/h8,13H,2-7H2,1H3. The normalized spacial score (nSPS) is 23.4. The predicted octanol–water partition coefficient (Wildman–Crippen LogP) is 1.62. The Morgan fingerprint density at radius 3 is 2.57 bits per heavy atom. The van der Waals surface area contributed by atoms with Crippen molar-refractivity contribution in [3.05, 3.63) is 0 Å². The van der Waals surface area contributed by atoms with E-state index in [1.165, 1.54) is 0 Å². The minimum absolute atomic E-state index is 0.131. The van der Waals surface area contributed by atoms with Gasteiger partial charge in [-0.1, -0.05) is 6.92 Å². The van der Waals surface area contributed by atoms with Gasteiger partial charge >= 0.3 is 6.18 Å². The van der Waals surface area contributed by atoms with Gasteiger partial charge in [-0.2, -0.15) is 13.2 Å². The number of hydrogen-bond acceptors (Lipinski definition) is 2. The fraction of sp³-hybridized carbons (Fsp3) is 1.00. The molecule has 1 atom stereocenters. The molecule has 0 aliphatic carbocycles. The summed E-state index contributed by atoms with van der Waals surface area (Å²) in [6.07, 6.45) is -3.76. The monoisotopic (exact) mass is 210 g/mol. The van der Waals surface area contributed by atoms with Crippen molar-refractivity contribution in [1.29, 1.82) is 0 Å². The SMILES string of the molecule is CCN(CCC(F)(F)F)C1CCNC1. The van der Waals surface area contributed by atoms with E-state index in [0.29, 0.717) is 12.6 Å². The lowest BCUT2D eigenvalue weighted by molar-refractivity contribution is -0.138. The molecule has 0 aromatic rings. The molecule has 1 heterocycles. The zero-order valence-corrected chi connectivity index (χ0v) is 8.40. The third-order valence-corrected chi connectivity index (χ3v) is 2.64. The van der Waals surface area contributed by atoms with Crippen LogP contribution < -0.4 is 5.32 Å². The Morgan fingerprint density at radius 2 is 2.14 bits per heavy atom. The Kier molecular flexibility index (Phi) is 4.19. The maximum absolute atomic E-state index is 12.0. The van der Waals surface area contributed by atoms with Crippen LogP contribution >= 0.6 is 0 Å². The van der Waals surface area contributed by atoms with Crippen LogP contribution in [0.2, 0.25) is 0 Å². The van der Waals surface area contributed by atoms with Gasteiger partial charge in [-0.05, 0) is 19.5 Å². The molecule has 84 valence electrons. The number of halogens is 3. The van der Waals surface area contributed by atoms with Crippen LogP contribution in [0, 0.1) is 0 Å². The summed E-state index contributed by atoms with van der Waals surface area (Å²) in [4.78, 5) is 1.91. The Balaban J connectivity index is 2.31. The van der Waals surface area contributed by atoms with Crippen molar-refractivity contribution in [3.8, 4) is 0 Å². The molecule has 0 radical (unpaired) electrons. The summed E-state index contributed by atoms with van der Waals surface area (Å²) < 4.78 is 36.0. The predicted molar refractivity (Wildman–Crippen MR) is 49.2 cm³/mol. The average molecular weight is 210 g/mol. The summed E-state index contributed by atoms with van der Waals surface area (Å²) in [6, 6.07) is 0.294. The highest BCUT2D eigenvalue weighted by atomic mass is 19.4. The summed E-state index contributed by atoms with van der Waals surface area (Å²) in [7, 11) is 0. The number of hydrogen-bond donors (Lipinski definition) is 1. The molecule has 14 heavy (non-hydrogen) atoms. The number of rotatable bonds is 4. The fourth-order valence-corrected chi connectivity index (χ4v) is 1.82. The van der Waals surface area contributed by atoms with Gasteiger partial charge in [0.05, 0.1) is 6.42 Å². The second kappa shape index (κ2) is 4.98. The Morgan fingerprint density at radius 1 is 1.43 bits per heavy atom. The minimum Gasteiger partial charge on any atom is -0.315 e. The fourth-order valence-electron chi connectivity index (χ4n) is 1.82. The molecule has 0 aromatic carbocycles. The van der Waals surface area contributed by atoms with E-state index in [0.717, 1.165) is 19.5 Å². The summed E-state index contributed by atoms with van der Waals surface area (Å²) in [5.41, 5.74) is 0. The molecule has 0 bridgehead atoms. The molecule has 0 saturated carbocycles. The lowest BCUT2D eigenvalue weighted by Gasteiger charge is -2.27. The van der Waals surface area contributed by atoms with Gasteiger partial charge in [0.15, 0.2) is 0 Å². The third-order valence-electron chi connectivity index (χ3n) is 2.64. The number of nitrogens with zero attached hydrogens (tertiary/aromatic N) is 1. The summed E-state index contributed by atoms with van der Waals surface area (Å²) in [5.74, 6) is 0. The van der Waals surface area contributed by atoms with Crippen molar-refractivity contribution in [3.63, 3.8) is 0 Å². The van der Waals surface area contributed by atoms with Crippen molar-refractivity contribution >= 4 is 0 Å². The minimum atomic E-state index is -4.03. The molecule has 1 rings (SSSR count). The summed E-state index contributed by atoms with van der Waals surface area (Å²) in [5, 5.41) is 3.16. The van der Waals surface area contributed by atoms with Crippen molar-refractivity contribution < 1.29 is 13.2 Å². The molecule has 5 heteroatoms. The third kappa shape index (κ3) is 3.84. The highest BCUT2D eigenvalue weighted by Gasteiger charge is 2.29. The molecule has 0 amide bonds. The molecule has 1 aliphatic heterocycles. The van der Waals surface area contributed by atoms with Crippen LogP contribution in [0.25, 0.3) is 0 Å². The Hall–Kier alpha value is -0.290. The largest absolute Gasteiger partial charge is 0.390 e. The van der Waals surface area contributed by atoms with E-state index in [2.05, 4.69) is 5.32 Å². The molecular formula is C9H17F3N2. The molecule has 1 N–H and O–H groups in total. The maximum Gasteiger partial charge on any atom is 0.390 e. The molecule has 1 fully saturated rings. The Labute approximate surface area is 82.5 Å². The first-order chi connectivity index (χ1) is 6.53. The van der Waals surface area contributed by atoms with E-state index < -0.39 is 12.6 Å². The maximum atomic E-state index is 12.0. The van der Waals surface area contributed by atoms with Crippen molar-refractivity contribution in [2.45, 2.75) is 32.0 Å². The number of nitrogens with one attached hydrogen (secondary N) is 1. The van der Waals surface area contributed by atoms with Gasteiger partial charge in [-0.25, -0.2) is 0 Å². The smallest absolute Gasteiger partial charge is 0.315 e. The van der Waals surface area contributed by atoms with Gasteiger partial charge in [-0.15, -0.1) is 0 Å². The van der Waals surface area contributed by atoms with Gasteiger partial charge in [0.1, 0.15) is 0 Å². The van der Waals surface area contributed by atoms with E-state index in [-0.39, 0.29) is 6.54 Å². The van der Waals surface area contributed by atoms with E-state index in [1.807, 2.05) is 11.8 Å². The zero-order chi connectivity index (χ0) is 10.6. The second-order valence-corrected chi connectivity index (χ2v) is 3.64. The van der Waals surface area contributed by atoms with E-state index in [9.17, 15) is 13.2 Å². The molecule has 1 unspecified atom stereocenters. The van der Waals surface area contributed by atoms with Crippen molar-refractivity contribution in [1.82, 2.24) is 10.2 Å². The van der Waals surface area contributed by atoms with Crippen LogP contribution in [-0.2, 0) is 0 Å². The lowest BCUT2D eigenvalue weighted by atomic mass is 10.2. The molecule has 0 spiro atoms. The van der Waals surface area contributed by atoms with Crippen LogP contribution in [0.15, 0.2) is 0 Å². The van der Waals surface area contributed by atoms with Crippen LogP contribution in [-0.4, -0.2) is 43.3 Å². The van der Waals surface area contributed by atoms with Gasteiger partial charge in [-0.3, -0.25) is 4.90 Å². The topological polar surface area (TPSA) is 15.3 Å². The molecular weight excluding hydrogens is 193 g/mol. The first kappa shape index (κ1) is 11.8. The van der Waals surface area contributed by atoms with Crippen LogP contribution in [0.5, 0.6) is 0 Å². The van der Waals surface area contributed by atoms with E-state index in [1.54, 1.807) is 0 Å². The molecule has 2 nitrogen and oxygen atoms in total. The first-order valence-corrected chi connectivity index (χ1v) is 5.04. The lowest BCUT2D eigenvalue weighted by Crippen LogP contribution is -2.38. The first-order valence-electron chi connectivity index (χ1n) is 5.04. The Bertz CT molecular complexity index is 164. The van der Waals surface area contributed by atoms with Gasteiger partial charge in [0.25, 0.3) is 0 Å². The van der Waals surface area contributed by atoms with Gasteiger partial charge in [0, 0.05) is 19.1 Å². The zero-order valence-electron chi connectivity index (χ0n) is 8.40. The van der Waals surface area contributed by atoms with Crippen LogP contribution in [0.3, 0.4) is 0 Å². The second-order valence-electron chi connectivity index (χ2n) is 3.64.